The van der Waals surface area contributed by atoms with Crippen molar-refractivity contribution in [2.24, 2.45) is 0 Å². The molecule has 0 unspecified atom stereocenters. The molecule has 156 valence electrons. The number of nitrogens with one attached hydrogen (secondary N) is 1. The van der Waals surface area contributed by atoms with Gasteiger partial charge in [0.25, 0.3) is 0 Å². The van der Waals surface area contributed by atoms with E-state index in [1.54, 1.807) is 9.80 Å². The molecule has 1 aromatic carbocycles. The number of halogens is 2. The molecule has 1 N–H and O–H groups in total. The zero-order valence-electron chi connectivity index (χ0n) is 15.7. The fourth-order valence-corrected chi connectivity index (χ4v) is 4.80. The zero-order valence-corrected chi connectivity index (χ0v) is 18.0. The van der Waals surface area contributed by atoms with Gasteiger partial charge in [0.1, 0.15) is 11.9 Å². The number of thioether (sulfide) groups is 1. The van der Waals surface area contributed by atoms with E-state index in [4.69, 9.17) is 11.6 Å². The predicted molar refractivity (Wildman–Crippen MR) is 107 cm³/mol. The fraction of sp³-hybridized carbons (Fsp3) is 0.529. The molecule has 2 amide bonds. The van der Waals surface area contributed by atoms with Crippen molar-refractivity contribution in [1.29, 1.82) is 0 Å². The fourth-order valence-electron chi connectivity index (χ4n) is 2.83. The summed E-state index contributed by atoms with van der Waals surface area (Å²) in [5.41, 5.74) is 0. The number of sulfonamides is 1. The highest BCUT2D eigenvalue weighted by molar-refractivity contribution is 7.98. The maximum atomic E-state index is 13.3. The molecule has 1 aromatic rings. The quantitative estimate of drug-likeness (QED) is 0.680. The van der Waals surface area contributed by atoms with Crippen LogP contribution in [0.2, 0.25) is 5.02 Å². The van der Waals surface area contributed by atoms with Gasteiger partial charge in [-0.2, -0.15) is 16.5 Å². The first-order valence-corrected chi connectivity index (χ1v) is 11.9. The molecular weight excluding hydrogens is 429 g/mol. The number of nitrogens with zero attached hydrogens (tertiary/aromatic N) is 2. The van der Waals surface area contributed by atoms with Crippen molar-refractivity contribution in [2.75, 3.05) is 38.2 Å². The van der Waals surface area contributed by atoms with E-state index in [2.05, 4.69) is 4.72 Å². The molecule has 1 saturated heterocycles. The van der Waals surface area contributed by atoms with Crippen molar-refractivity contribution < 1.29 is 22.4 Å². The van der Waals surface area contributed by atoms with E-state index in [-0.39, 0.29) is 21.7 Å². The average Bonchev–Trinajstić information content (AvgIpc) is 2.66. The lowest BCUT2D eigenvalue weighted by Crippen LogP contribution is -2.55. The molecule has 0 saturated carbocycles. The van der Waals surface area contributed by atoms with Crippen molar-refractivity contribution in [2.45, 2.75) is 24.3 Å². The third-order valence-corrected chi connectivity index (χ3v) is 6.85. The number of hydrogen-bond donors (Lipinski definition) is 1. The minimum absolute atomic E-state index is 0.0556. The van der Waals surface area contributed by atoms with Crippen LogP contribution in [0.3, 0.4) is 0 Å². The Morgan fingerprint density at radius 3 is 2.39 bits per heavy atom. The van der Waals surface area contributed by atoms with Crippen LogP contribution in [0.25, 0.3) is 0 Å². The van der Waals surface area contributed by atoms with Gasteiger partial charge in [-0.3, -0.25) is 9.59 Å². The molecule has 2 rings (SSSR count). The monoisotopic (exact) mass is 451 g/mol. The summed E-state index contributed by atoms with van der Waals surface area (Å²) >= 11 is 7.18. The Balaban J connectivity index is 2.15. The van der Waals surface area contributed by atoms with Crippen molar-refractivity contribution in [3.63, 3.8) is 0 Å². The topological polar surface area (TPSA) is 86.8 Å². The first-order valence-electron chi connectivity index (χ1n) is 8.66. The van der Waals surface area contributed by atoms with Crippen LogP contribution in [-0.4, -0.2) is 74.3 Å². The Bertz CT molecular complexity index is 830. The molecular formula is C17H23ClFN3O4S2. The van der Waals surface area contributed by atoms with Crippen molar-refractivity contribution in [3.8, 4) is 0 Å². The Morgan fingerprint density at radius 1 is 1.25 bits per heavy atom. The second-order valence-electron chi connectivity index (χ2n) is 6.36. The van der Waals surface area contributed by atoms with Gasteiger partial charge < -0.3 is 9.80 Å². The van der Waals surface area contributed by atoms with Crippen LogP contribution < -0.4 is 4.72 Å². The molecule has 0 aromatic heterocycles. The van der Waals surface area contributed by atoms with Crippen LogP contribution in [0.15, 0.2) is 23.1 Å². The maximum Gasteiger partial charge on any atom is 0.241 e. The van der Waals surface area contributed by atoms with E-state index in [1.165, 1.54) is 18.7 Å². The number of amides is 2. The third-order valence-electron chi connectivity index (χ3n) is 4.44. The second-order valence-corrected chi connectivity index (χ2v) is 9.47. The summed E-state index contributed by atoms with van der Waals surface area (Å²) in [5, 5.41) is -0.310. The van der Waals surface area contributed by atoms with Crippen molar-refractivity contribution in [3.05, 3.63) is 29.0 Å². The minimum atomic E-state index is -4.06. The number of piperazine rings is 1. The van der Waals surface area contributed by atoms with Crippen LogP contribution in [0.4, 0.5) is 4.39 Å². The van der Waals surface area contributed by atoms with E-state index in [9.17, 15) is 22.4 Å². The van der Waals surface area contributed by atoms with E-state index >= 15 is 0 Å². The smallest absolute Gasteiger partial charge is 0.241 e. The highest BCUT2D eigenvalue weighted by Gasteiger charge is 2.31. The highest BCUT2D eigenvalue weighted by atomic mass is 35.5. The minimum Gasteiger partial charge on any atom is -0.339 e. The number of rotatable bonds is 7. The molecule has 7 nitrogen and oxygen atoms in total. The number of carbonyl (C=O) groups is 2. The van der Waals surface area contributed by atoms with E-state index < -0.39 is 21.9 Å². The maximum absolute atomic E-state index is 13.3. The highest BCUT2D eigenvalue weighted by Crippen LogP contribution is 2.20. The van der Waals surface area contributed by atoms with Gasteiger partial charge in [0.2, 0.25) is 21.8 Å². The Hall–Kier alpha value is -1.36. The standard InChI is InChI=1S/C17H23ClFN3O4S2/c1-12(23)21-6-8-22(9-7-21)17(24)16(5-10-27-2)20-28(25,26)13-3-4-15(19)14(18)11-13/h3-4,11,16,20H,5-10H2,1-2H3/t16-/m0/s1. The van der Waals surface area contributed by atoms with Gasteiger partial charge in [-0.25, -0.2) is 12.8 Å². The molecule has 0 spiro atoms. The average molecular weight is 452 g/mol. The van der Waals surface area contributed by atoms with Crippen LogP contribution in [0, 0.1) is 5.82 Å². The lowest BCUT2D eigenvalue weighted by Gasteiger charge is -2.36. The molecule has 1 fully saturated rings. The Kier molecular flexibility index (Phi) is 8.11. The first kappa shape index (κ1) is 22.9. The van der Waals surface area contributed by atoms with Crippen LogP contribution in [0.1, 0.15) is 13.3 Å². The molecule has 28 heavy (non-hydrogen) atoms. The summed E-state index contributed by atoms with van der Waals surface area (Å²) in [6.45, 7) is 2.99. The number of hydrogen-bond acceptors (Lipinski definition) is 5. The number of carbonyl (C=O) groups excluding carboxylic acids is 2. The molecule has 1 aliphatic heterocycles. The normalized spacial score (nSPS) is 16.1. The Morgan fingerprint density at radius 2 is 1.86 bits per heavy atom. The summed E-state index contributed by atoms with van der Waals surface area (Å²) < 4.78 is 41.1. The second kappa shape index (κ2) is 9.91. The predicted octanol–water partition coefficient (Wildman–Crippen LogP) is 1.57. The van der Waals surface area contributed by atoms with Crippen molar-refractivity contribution in [1.82, 2.24) is 14.5 Å². The SMILES string of the molecule is CSCC[C@H](NS(=O)(=O)c1ccc(F)c(Cl)c1)C(=O)N1CCN(C(C)=O)CC1. The summed E-state index contributed by atoms with van der Waals surface area (Å²) in [6.07, 6.45) is 2.17. The molecule has 1 aliphatic rings. The van der Waals surface area contributed by atoms with Gasteiger partial charge in [0, 0.05) is 33.1 Å². The van der Waals surface area contributed by atoms with Gasteiger partial charge in [-0.15, -0.1) is 0 Å². The molecule has 11 heteroatoms. The van der Waals surface area contributed by atoms with Gasteiger partial charge >= 0.3 is 0 Å². The van der Waals surface area contributed by atoms with Gasteiger partial charge in [-0.1, -0.05) is 11.6 Å². The molecule has 0 bridgehead atoms. The first-order chi connectivity index (χ1) is 13.2. The van der Waals surface area contributed by atoms with Crippen LogP contribution >= 0.6 is 23.4 Å². The molecule has 0 radical (unpaired) electrons. The Labute approximate surface area is 173 Å². The summed E-state index contributed by atoms with van der Waals surface area (Å²) in [6, 6.07) is 2.13. The molecule has 1 heterocycles. The summed E-state index contributed by atoms with van der Waals surface area (Å²) in [4.78, 5) is 27.3. The van der Waals surface area contributed by atoms with Crippen LogP contribution in [-0.2, 0) is 19.6 Å². The van der Waals surface area contributed by atoms with Gasteiger partial charge in [0.15, 0.2) is 0 Å². The van der Waals surface area contributed by atoms with Crippen molar-refractivity contribution >= 4 is 45.2 Å². The van der Waals surface area contributed by atoms with E-state index in [1.807, 2.05) is 6.26 Å². The lowest BCUT2D eigenvalue weighted by atomic mass is 10.2. The third kappa shape index (κ3) is 5.82. The summed E-state index contributed by atoms with van der Waals surface area (Å²) in [7, 11) is -4.06. The summed E-state index contributed by atoms with van der Waals surface area (Å²) in [5.74, 6) is -0.538. The van der Waals surface area contributed by atoms with E-state index in [0.29, 0.717) is 38.4 Å². The number of benzene rings is 1. The van der Waals surface area contributed by atoms with E-state index in [0.717, 1.165) is 18.2 Å². The lowest BCUT2D eigenvalue weighted by molar-refractivity contribution is -0.139. The van der Waals surface area contributed by atoms with Gasteiger partial charge in [0.05, 0.1) is 9.92 Å². The molecule has 0 aliphatic carbocycles. The molecule has 1 atom stereocenters. The van der Waals surface area contributed by atoms with Gasteiger partial charge in [-0.05, 0) is 36.6 Å². The zero-order chi connectivity index (χ0) is 20.9. The van der Waals surface area contributed by atoms with Crippen LogP contribution in [0.5, 0.6) is 0 Å². The largest absolute Gasteiger partial charge is 0.339 e.